The van der Waals surface area contributed by atoms with Gasteiger partial charge in [-0.15, -0.1) is 0 Å². The highest BCUT2D eigenvalue weighted by atomic mass is 79.9. The first-order valence-electron chi connectivity index (χ1n) is 7.82. The Morgan fingerprint density at radius 1 is 1.19 bits per heavy atom. The normalized spacial score (nSPS) is 22.4. The van der Waals surface area contributed by atoms with Gasteiger partial charge in [0.1, 0.15) is 0 Å². The van der Waals surface area contributed by atoms with Crippen LogP contribution in [0.15, 0.2) is 40.9 Å². The highest BCUT2D eigenvalue weighted by molar-refractivity contribution is 9.10. The van der Waals surface area contributed by atoms with Crippen molar-refractivity contribution in [3.63, 3.8) is 0 Å². The SMILES string of the molecule is CCCC1CC(Nc2ccc3cc(Br)ccc3c2)CCO1. The Hall–Kier alpha value is -1.06. The molecule has 2 unspecified atom stereocenters. The van der Waals surface area contributed by atoms with Crippen LogP contribution < -0.4 is 5.32 Å². The largest absolute Gasteiger partial charge is 0.382 e. The molecule has 21 heavy (non-hydrogen) atoms. The summed E-state index contributed by atoms with van der Waals surface area (Å²) in [6.45, 7) is 3.10. The second kappa shape index (κ2) is 6.80. The van der Waals surface area contributed by atoms with Crippen molar-refractivity contribution in [2.75, 3.05) is 11.9 Å². The molecule has 3 heteroatoms. The minimum absolute atomic E-state index is 0.428. The van der Waals surface area contributed by atoms with Crippen molar-refractivity contribution in [1.29, 1.82) is 0 Å². The Bertz CT molecular complexity index is 611. The zero-order chi connectivity index (χ0) is 14.7. The second-order valence-corrected chi connectivity index (χ2v) is 6.77. The maximum absolute atomic E-state index is 5.82. The highest BCUT2D eigenvalue weighted by Crippen LogP contribution is 2.26. The van der Waals surface area contributed by atoms with Gasteiger partial charge in [-0.05, 0) is 54.3 Å². The van der Waals surface area contributed by atoms with E-state index in [0.29, 0.717) is 12.1 Å². The van der Waals surface area contributed by atoms with Crippen molar-refractivity contribution in [1.82, 2.24) is 0 Å². The van der Waals surface area contributed by atoms with E-state index in [1.165, 1.54) is 29.3 Å². The van der Waals surface area contributed by atoms with Crippen LogP contribution in [0.1, 0.15) is 32.6 Å². The standard InChI is InChI=1S/C18H22BrNO/c1-2-3-18-12-17(8-9-21-18)20-16-7-5-13-10-15(19)6-4-14(13)11-16/h4-7,10-11,17-18,20H,2-3,8-9,12H2,1H3. The number of hydrogen-bond acceptors (Lipinski definition) is 2. The first-order chi connectivity index (χ1) is 10.2. The highest BCUT2D eigenvalue weighted by Gasteiger charge is 2.21. The Labute approximate surface area is 135 Å². The molecule has 2 atom stereocenters. The predicted molar refractivity (Wildman–Crippen MR) is 92.9 cm³/mol. The summed E-state index contributed by atoms with van der Waals surface area (Å²) in [6, 6.07) is 13.6. The van der Waals surface area contributed by atoms with Crippen LogP contribution in [-0.4, -0.2) is 18.8 Å². The fraction of sp³-hybridized carbons (Fsp3) is 0.444. The van der Waals surface area contributed by atoms with Gasteiger partial charge in [-0.2, -0.15) is 0 Å². The Balaban J connectivity index is 1.71. The van der Waals surface area contributed by atoms with Crippen LogP contribution in [0.3, 0.4) is 0 Å². The molecular formula is C18H22BrNO. The van der Waals surface area contributed by atoms with Crippen molar-refractivity contribution in [3.05, 3.63) is 40.9 Å². The van der Waals surface area contributed by atoms with Gasteiger partial charge < -0.3 is 10.1 Å². The average molecular weight is 348 g/mol. The lowest BCUT2D eigenvalue weighted by molar-refractivity contribution is 0.00598. The summed E-state index contributed by atoms with van der Waals surface area (Å²) in [5.41, 5.74) is 1.21. The van der Waals surface area contributed by atoms with E-state index in [-0.39, 0.29) is 0 Å². The van der Waals surface area contributed by atoms with Gasteiger partial charge in [0.05, 0.1) is 6.10 Å². The van der Waals surface area contributed by atoms with Gasteiger partial charge in [0.2, 0.25) is 0 Å². The number of hydrogen-bond donors (Lipinski definition) is 1. The fourth-order valence-electron chi connectivity index (χ4n) is 3.08. The summed E-state index contributed by atoms with van der Waals surface area (Å²) in [5.74, 6) is 0. The minimum Gasteiger partial charge on any atom is -0.382 e. The summed E-state index contributed by atoms with van der Waals surface area (Å²) in [4.78, 5) is 0. The molecule has 1 saturated heterocycles. The smallest absolute Gasteiger partial charge is 0.0594 e. The number of halogens is 1. The van der Waals surface area contributed by atoms with Crippen LogP contribution in [0.25, 0.3) is 10.8 Å². The zero-order valence-electron chi connectivity index (χ0n) is 12.4. The summed E-state index contributed by atoms with van der Waals surface area (Å²) < 4.78 is 6.95. The molecule has 2 aromatic carbocycles. The first-order valence-corrected chi connectivity index (χ1v) is 8.61. The topological polar surface area (TPSA) is 21.3 Å². The molecule has 0 spiro atoms. The number of fused-ring (bicyclic) bond motifs is 1. The van der Waals surface area contributed by atoms with Crippen molar-refractivity contribution in [2.45, 2.75) is 44.8 Å². The molecule has 1 N–H and O–H groups in total. The lowest BCUT2D eigenvalue weighted by Crippen LogP contribution is -2.33. The Kier molecular flexibility index (Phi) is 4.81. The lowest BCUT2D eigenvalue weighted by atomic mass is 9.99. The molecule has 1 aliphatic heterocycles. The van der Waals surface area contributed by atoms with Gasteiger partial charge in [0, 0.05) is 22.8 Å². The maximum Gasteiger partial charge on any atom is 0.0594 e. The molecule has 1 aliphatic rings. The molecule has 2 aromatic rings. The molecule has 0 bridgehead atoms. The molecule has 2 nitrogen and oxygen atoms in total. The summed E-state index contributed by atoms with van der Waals surface area (Å²) in [5, 5.41) is 6.23. The van der Waals surface area contributed by atoms with E-state index in [9.17, 15) is 0 Å². The van der Waals surface area contributed by atoms with Crippen molar-refractivity contribution < 1.29 is 4.74 Å². The van der Waals surface area contributed by atoms with Gasteiger partial charge >= 0.3 is 0 Å². The summed E-state index contributed by atoms with van der Waals surface area (Å²) in [6.07, 6.45) is 5.01. The Morgan fingerprint density at radius 3 is 2.86 bits per heavy atom. The molecule has 0 saturated carbocycles. The summed E-state index contributed by atoms with van der Waals surface area (Å²) >= 11 is 3.52. The number of rotatable bonds is 4. The molecular weight excluding hydrogens is 326 g/mol. The average Bonchev–Trinajstić information content (AvgIpc) is 2.48. The van der Waals surface area contributed by atoms with Gasteiger partial charge in [-0.25, -0.2) is 0 Å². The molecule has 112 valence electrons. The number of nitrogens with one attached hydrogen (secondary N) is 1. The minimum atomic E-state index is 0.428. The number of ether oxygens (including phenoxy) is 1. The van der Waals surface area contributed by atoms with E-state index < -0.39 is 0 Å². The molecule has 0 amide bonds. The van der Waals surface area contributed by atoms with E-state index in [1.807, 2.05) is 0 Å². The van der Waals surface area contributed by atoms with E-state index >= 15 is 0 Å². The van der Waals surface area contributed by atoms with Gasteiger partial charge in [0.15, 0.2) is 0 Å². The van der Waals surface area contributed by atoms with Crippen molar-refractivity contribution in [2.24, 2.45) is 0 Å². The van der Waals surface area contributed by atoms with Crippen molar-refractivity contribution >= 4 is 32.4 Å². The van der Waals surface area contributed by atoms with Gasteiger partial charge in [0.25, 0.3) is 0 Å². The van der Waals surface area contributed by atoms with E-state index in [1.54, 1.807) is 0 Å². The molecule has 1 fully saturated rings. The van der Waals surface area contributed by atoms with Crippen LogP contribution in [0.4, 0.5) is 5.69 Å². The molecule has 3 rings (SSSR count). The third-order valence-electron chi connectivity index (χ3n) is 4.15. The Morgan fingerprint density at radius 2 is 2.00 bits per heavy atom. The number of benzene rings is 2. The van der Waals surface area contributed by atoms with Crippen LogP contribution in [0, 0.1) is 0 Å². The van der Waals surface area contributed by atoms with Crippen molar-refractivity contribution in [3.8, 4) is 0 Å². The van der Waals surface area contributed by atoms with Crippen LogP contribution in [0.5, 0.6) is 0 Å². The third kappa shape index (κ3) is 3.78. The zero-order valence-corrected chi connectivity index (χ0v) is 14.0. The number of anilines is 1. The quantitative estimate of drug-likeness (QED) is 0.803. The van der Waals surface area contributed by atoms with E-state index in [4.69, 9.17) is 4.74 Å². The second-order valence-electron chi connectivity index (χ2n) is 5.85. The van der Waals surface area contributed by atoms with E-state index in [0.717, 1.165) is 23.9 Å². The molecule has 0 aromatic heterocycles. The lowest BCUT2D eigenvalue weighted by Gasteiger charge is -2.30. The molecule has 0 aliphatic carbocycles. The monoisotopic (exact) mass is 347 g/mol. The predicted octanol–water partition coefficient (Wildman–Crippen LogP) is 5.36. The maximum atomic E-state index is 5.82. The van der Waals surface area contributed by atoms with E-state index in [2.05, 4.69) is 64.6 Å². The van der Waals surface area contributed by atoms with Gasteiger partial charge in [-0.1, -0.05) is 41.4 Å². The van der Waals surface area contributed by atoms with Gasteiger partial charge in [-0.3, -0.25) is 0 Å². The first kappa shape index (κ1) is 14.9. The van der Waals surface area contributed by atoms with Crippen LogP contribution in [0.2, 0.25) is 0 Å². The fourth-order valence-corrected chi connectivity index (χ4v) is 3.46. The summed E-state index contributed by atoms with van der Waals surface area (Å²) in [7, 11) is 0. The third-order valence-corrected chi connectivity index (χ3v) is 4.64. The molecule has 0 radical (unpaired) electrons. The van der Waals surface area contributed by atoms with Crippen LogP contribution in [-0.2, 0) is 4.74 Å². The molecule has 1 heterocycles. The van der Waals surface area contributed by atoms with Crippen LogP contribution >= 0.6 is 15.9 Å².